The highest BCUT2D eigenvalue weighted by Gasteiger charge is 2.06. The Morgan fingerprint density at radius 3 is 2.56 bits per heavy atom. The predicted molar refractivity (Wildman–Crippen MR) is 77.7 cm³/mol. The highest BCUT2D eigenvalue weighted by atomic mass is 14.9. The van der Waals surface area contributed by atoms with Crippen molar-refractivity contribution in [1.29, 1.82) is 5.26 Å². The summed E-state index contributed by atoms with van der Waals surface area (Å²) < 4.78 is 0. The van der Waals surface area contributed by atoms with Gasteiger partial charge in [0.1, 0.15) is 6.07 Å². The zero-order valence-corrected chi connectivity index (χ0v) is 12.0. The monoisotopic (exact) mass is 244 g/mol. The summed E-state index contributed by atoms with van der Waals surface area (Å²) in [5, 5.41) is 12.6. The lowest BCUT2D eigenvalue weighted by Crippen LogP contribution is -2.16. The van der Waals surface area contributed by atoms with Gasteiger partial charge in [0, 0.05) is 6.04 Å². The zero-order valence-electron chi connectivity index (χ0n) is 12.0. The molecule has 2 heteroatoms. The van der Waals surface area contributed by atoms with Crippen molar-refractivity contribution in [3.8, 4) is 6.07 Å². The lowest BCUT2D eigenvalue weighted by atomic mass is 10.0. The van der Waals surface area contributed by atoms with Gasteiger partial charge in [0.25, 0.3) is 0 Å². The number of aryl methyl sites for hydroxylation is 1. The summed E-state index contributed by atoms with van der Waals surface area (Å²) in [7, 11) is 0. The van der Waals surface area contributed by atoms with Crippen LogP contribution in [0.4, 0.5) is 5.69 Å². The van der Waals surface area contributed by atoms with E-state index in [4.69, 9.17) is 5.26 Å². The van der Waals surface area contributed by atoms with Gasteiger partial charge < -0.3 is 5.32 Å². The first kappa shape index (κ1) is 14.6. The molecule has 0 saturated heterocycles. The van der Waals surface area contributed by atoms with Crippen LogP contribution in [0.25, 0.3) is 0 Å². The summed E-state index contributed by atoms with van der Waals surface area (Å²) in [4.78, 5) is 0. The van der Waals surface area contributed by atoms with E-state index >= 15 is 0 Å². The maximum Gasteiger partial charge on any atom is 0.101 e. The van der Waals surface area contributed by atoms with Gasteiger partial charge >= 0.3 is 0 Å². The molecular formula is C16H24N2. The third kappa shape index (κ3) is 4.79. The van der Waals surface area contributed by atoms with E-state index in [9.17, 15) is 0 Å². The molecule has 1 N–H and O–H groups in total. The van der Waals surface area contributed by atoms with Gasteiger partial charge in [-0.25, -0.2) is 0 Å². The topological polar surface area (TPSA) is 35.8 Å². The Balaban J connectivity index is 2.54. The normalized spacial score (nSPS) is 12.2. The SMILES string of the molecule is Cc1ccc(NC(C)CCCC(C)C)c(C#N)c1. The second kappa shape index (κ2) is 7.06. The largest absolute Gasteiger partial charge is 0.382 e. The molecule has 1 aromatic carbocycles. The van der Waals surface area contributed by atoms with Crippen LogP contribution >= 0.6 is 0 Å². The number of anilines is 1. The molecule has 0 amide bonds. The summed E-state index contributed by atoms with van der Waals surface area (Å²) >= 11 is 0. The number of hydrogen-bond acceptors (Lipinski definition) is 2. The number of nitriles is 1. The van der Waals surface area contributed by atoms with E-state index in [0.29, 0.717) is 6.04 Å². The molecule has 98 valence electrons. The van der Waals surface area contributed by atoms with Gasteiger partial charge in [-0.3, -0.25) is 0 Å². The zero-order chi connectivity index (χ0) is 13.5. The van der Waals surface area contributed by atoms with Crippen LogP contribution in [-0.2, 0) is 0 Å². The molecule has 0 aromatic heterocycles. The summed E-state index contributed by atoms with van der Waals surface area (Å²) in [5.41, 5.74) is 2.83. The summed E-state index contributed by atoms with van der Waals surface area (Å²) in [6.45, 7) is 8.70. The minimum absolute atomic E-state index is 0.415. The first-order valence-electron chi connectivity index (χ1n) is 6.80. The fraction of sp³-hybridized carbons (Fsp3) is 0.562. The maximum atomic E-state index is 9.11. The van der Waals surface area contributed by atoms with Gasteiger partial charge in [-0.2, -0.15) is 5.26 Å². The Kier molecular flexibility index (Phi) is 5.71. The number of hydrogen-bond donors (Lipinski definition) is 1. The third-order valence-corrected chi connectivity index (χ3v) is 3.12. The van der Waals surface area contributed by atoms with Crippen LogP contribution in [0.1, 0.15) is 51.2 Å². The minimum Gasteiger partial charge on any atom is -0.382 e. The number of rotatable bonds is 6. The molecule has 1 unspecified atom stereocenters. The van der Waals surface area contributed by atoms with E-state index in [1.165, 1.54) is 12.8 Å². The molecule has 1 aromatic rings. The van der Waals surface area contributed by atoms with Gasteiger partial charge in [-0.1, -0.05) is 32.8 Å². The van der Waals surface area contributed by atoms with Crippen molar-refractivity contribution in [2.45, 2.75) is 53.0 Å². The quantitative estimate of drug-likeness (QED) is 0.800. The molecule has 0 aliphatic carbocycles. The molecule has 0 spiro atoms. The fourth-order valence-corrected chi connectivity index (χ4v) is 2.05. The second-order valence-electron chi connectivity index (χ2n) is 5.53. The Morgan fingerprint density at radius 1 is 1.22 bits per heavy atom. The van der Waals surface area contributed by atoms with Gasteiger partial charge in [-0.05, 0) is 43.9 Å². The molecule has 0 heterocycles. The van der Waals surface area contributed by atoms with Gasteiger partial charge in [0.15, 0.2) is 0 Å². The lowest BCUT2D eigenvalue weighted by molar-refractivity contribution is 0.520. The Morgan fingerprint density at radius 2 is 1.94 bits per heavy atom. The molecule has 0 aliphatic heterocycles. The first-order valence-corrected chi connectivity index (χ1v) is 6.80. The molecule has 0 saturated carbocycles. The van der Waals surface area contributed by atoms with Crippen molar-refractivity contribution >= 4 is 5.69 Å². The number of nitrogens with zero attached hydrogens (tertiary/aromatic N) is 1. The minimum atomic E-state index is 0.415. The van der Waals surface area contributed by atoms with E-state index < -0.39 is 0 Å². The fourth-order valence-electron chi connectivity index (χ4n) is 2.05. The van der Waals surface area contributed by atoms with E-state index in [-0.39, 0.29) is 0 Å². The predicted octanol–water partition coefficient (Wildman–Crippen LogP) is 4.49. The summed E-state index contributed by atoms with van der Waals surface area (Å²) in [5.74, 6) is 0.770. The van der Waals surface area contributed by atoms with Crippen LogP contribution in [0.2, 0.25) is 0 Å². The molecule has 0 aliphatic rings. The molecule has 1 rings (SSSR count). The van der Waals surface area contributed by atoms with Crippen LogP contribution in [0.5, 0.6) is 0 Å². The summed E-state index contributed by atoms with van der Waals surface area (Å²) in [6, 6.07) is 8.66. The van der Waals surface area contributed by atoms with Crippen molar-refractivity contribution in [2.24, 2.45) is 5.92 Å². The Labute approximate surface area is 111 Å². The third-order valence-electron chi connectivity index (χ3n) is 3.12. The standard InChI is InChI=1S/C16H24N2/c1-12(2)6-5-7-14(4)18-16-9-8-13(3)10-15(16)11-17/h8-10,12,14,18H,5-7H2,1-4H3. The van der Waals surface area contributed by atoms with Crippen LogP contribution in [-0.4, -0.2) is 6.04 Å². The molecule has 1 atom stereocenters. The van der Waals surface area contributed by atoms with Crippen LogP contribution < -0.4 is 5.32 Å². The highest BCUT2D eigenvalue weighted by Crippen LogP contribution is 2.19. The lowest BCUT2D eigenvalue weighted by Gasteiger charge is -2.17. The van der Waals surface area contributed by atoms with E-state index in [2.05, 4.69) is 32.2 Å². The van der Waals surface area contributed by atoms with E-state index in [1.54, 1.807) is 0 Å². The molecule has 2 nitrogen and oxygen atoms in total. The molecule has 0 bridgehead atoms. The van der Waals surface area contributed by atoms with Crippen molar-refractivity contribution in [3.05, 3.63) is 29.3 Å². The Bertz CT molecular complexity index is 416. The van der Waals surface area contributed by atoms with Crippen LogP contribution in [0.3, 0.4) is 0 Å². The van der Waals surface area contributed by atoms with Gasteiger partial charge in [-0.15, -0.1) is 0 Å². The summed E-state index contributed by atoms with van der Waals surface area (Å²) in [6.07, 6.45) is 3.65. The highest BCUT2D eigenvalue weighted by molar-refractivity contribution is 5.58. The number of benzene rings is 1. The first-order chi connectivity index (χ1) is 8.52. The van der Waals surface area contributed by atoms with Gasteiger partial charge in [0.05, 0.1) is 11.3 Å². The molecule has 0 fully saturated rings. The van der Waals surface area contributed by atoms with Crippen molar-refractivity contribution in [2.75, 3.05) is 5.32 Å². The van der Waals surface area contributed by atoms with E-state index in [1.807, 2.05) is 25.1 Å². The van der Waals surface area contributed by atoms with Gasteiger partial charge in [0.2, 0.25) is 0 Å². The van der Waals surface area contributed by atoms with Crippen molar-refractivity contribution in [1.82, 2.24) is 0 Å². The van der Waals surface area contributed by atoms with Crippen LogP contribution in [0.15, 0.2) is 18.2 Å². The average molecular weight is 244 g/mol. The molecule has 0 radical (unpaired) electrons. The number of nitrogens with one attached hydrogen (secondary N) is 1. The Hall–Kier alpha value is -1.49. The molecule has 18 heavy (non-hydrogen) atoms. The molecular weight excluding hydrogens is 220 g/mol. The average Bonchev–Trinajstić information content (AvgIpc) is 2.31. The van der Waals surface area contributed by atoms with E-state index in [0.717, 1.165) is 29.2 Å². The maximum absolute atomic E-state index is 9.11. The van der Waals surface area contributed by atoms with Crippen molar-refractivity contribution < 1.29 is 0 Å². The smallest absolute Gasteiger partial charge is 0.101 e. The van der Waals surface area contributed by atoms with Crippen molar-refractivity contribution in [3.63, 3.8) is 0 Å². The second-order valence-corrected chi connectivity index (χ2v) is 5.53. The van der Waals surface area contributed by atoms with Crippen LogP contribution in [0, 0.1) is 24.2 Å².